The first-order valence-corrected chi connectivity index (χ1v) is 9.78. The molecule has 1 N–H and O–H groups in total. The van der Waals surface area contributed by atoms with E-state index in [1.54, 1.807) is 29.9 Å². The van der Waals surface area contributed by atoms with Crippen molar-refractivity contribution in [1.82, 2.24) is 24.8 Å². The maximum atomic E-state index is 12.6. The van der Waals surface area contributed by atoms with Crippen LogP contribution in [0.4, 0.5) is 10.9 Å². The minimum Gasteiger partial charge on any atom is -0.337 e. The Bertz CT molecular complexity index is 904. The van der Waals surface area contributed by atoms with Crippen molar-refractivity contribution in [2.45, 2.75) is 25.7 Å². The zero-order chi connectivity index (χ0) is 18.6. The molecule has 3 aromatic heterocycles. The van der Waals surface area contributed by atoms with Crippen molar-refractivity contribution < 1.29 is 4.79 Å². The van der Waals surface area contributed by atoms with Gasteiger partial charge in [0.1, 0.15) is 11.5 Å². The highest BCUT2D eigenvalue weighted by Crippen LogP contribution is 2.28. The summed E-state index contributed by atoms with van der Waals surface area (Å²) < 4.78 is 0. The van der Waals surface area contributed by atoms with E-state index in [9.17, 15) is 4.79 Å². The van der Waals surface area contributed by atoms with Gasteiger partial charge in [0.05, 0.1) is 11.9 Å². The zero-order valence-electron chi connectivity index (χ0n) is 15.0. The predicted molar refractivity (Wildman–Crippen MR) is 104 cm³/mol. The molecule has 0 aromatic carbocycles. The zero-order valence-corrected chi connectivity index (χ0v) is 15.8. The van der Waals surface area contributed by atoms with Gasteiger partial charge in [-0.25, -0.2) is 15.0 Å². The number of amides is 1. The molecule has 27 heavy (non-hydrogen) atoms. The number of rotatable bonds is 4. The fourth-order valence-corrected chi connectivity index (χ4v) is 3.72. The molecule has 1 saturated heterocycles. The number of carbonyl (C=O) groups is 1. The number of aromatic nitrogens is 4. The van der Waals surface area contributed by atoms with E-state index in [0.29, 0.717) is 24.7 Å². The summed E-state index contributed by atoms with van der Waals surface area (Å²) in [6.07, 6.45) is 6.73. The van der Waals surface area contributed by atoms with Gasteiger partial charge in [-0.15, -0.1) is 11.3 Å². The number of piperidine rings is 1. The monoisotopic (exact) mass is 380 g/mol. The second-order valence-corrected chi connectivity index (χ2v) is 7.41. The standard InChI is InChI=1S/C19H20N6OS/c1-13-11-22-16(12-21-13)18(26)25-8-5-14(6-9-25)15-3-2-4-17(23-15)24-19-20-7-10-27-19/h2-4,7,10-12,14H,5-6,8-9H2,1H3,(H,20,23,24). The van der Waals surface area contributed by atoms with Crippen molar-refractivity contribution in [2.75, 3.05) is 18.4 Å². The molecule has 7 nitrogen and oxygen atoms in total. The average molecular weight is 380 g/mol. The highest BCUT2D eigenvalue weighted by Gasteiger charge is 2.26. The summed E-state index contributed by atoms with van der Waals surface area (Å²) in [5, 5.41) is 5.99. The van der Waals surface area contributed by atoms with Crippen molar-refractivity contribution >= 4 is 28.2 Å². The third-order valence-electron chi connectivity index (χ3n) is 4.64. The fourth-order valence-electron chi connectivity index (χ4n) is 3.19. The van der Waals surface area contributed by atoms with Crippen LogP contribution in [0.25, 0.3) is 0 Å². The van der Waals surface area contributed by atoms with Crippen LogP contribution >= 0.6 is 11.3 Å². The summed E-state index contributed by atoms with van der Waals surface area (Å²) >= 11 is 1.54. The Morgan fingerprint density at radius 2 is 2.04 bits per heavy atom. The maximum absolute atomic E-state index is 12.6. The number of nitrogens with zero attached hydrogens (tertiary/aromatic N) is 5. The van der Waals surface area contributed by atoms with Gasteiger partial charge in [0.2, 0.25) is 0 Å². The number of thiazole rings is 1. The Kier molecular flexibility index (Phi) is 5.06. The van der Waals surface area contributed by atoms with Crippen LogP contribution in [0.15, 0.2) is 42.2 Å². The number of hydrogen-bond donors (Lipinski definition) is 1. The third kappa shape index (κ3) is 4.11. The van der Waals surface area contributed by atoms with Gasteiger partial charge in [-0.2, -0.15) is 0 Å². The minimum absolute atomic E-state index is 0.0481. The molecule has 1 amide bonds. The molecular formula is C19H20N6OS. The molecule has 0 bridgehead atoms. The molecule has 3 aromatic rings. The lowest BCUT2D eigenvalue weighted by Crippen LogP contribution is -2.38. The number of aryl methyl sites for hydroxylation is 1. The predicted octanol–water partition coefficient (Wildman–Crippen LogP) is 3.40. The lowest BCUT2D eigenvalue weighted by Gasteiger charge is -2.31. The second-order valence-electron chi connectivity index (χ2n) is 6.52. The Morgan fingerprint density at radius 1 is 1.19 bits per heavy atom. The molecule has 4 heterocycles. The molecule has 0 unspecified atom stereocenters. The summed E-state index contributed by atoms with van der Waals surface area (Å²) in [5.74, 6) is 1.10. The van der Waals surface area contributed by atoms with Gasteiger partial charge < -0.3 is 10.2 Å². The molecule has 0 radical (unpaired) electrons. The summed E-state index contributed by atoms with van der Waals surface area (Å²) in [7, 11) is 0. The smallest absolute Gasteiger partial charge is 0.274 e. The average Bonchev–Trinajstić information content (AvgIpc) is 3.21. The van der Waals surface area contributed by atoms with Gasteiger partial charge in [-0.1, -0.05) is 6.07 Å². The van der Waals surface area contributed by atoms with Crippen LogP contribution < -0.4 is 5.32 Å². The lowest BCUT2D eigenvalue weighted by atomic mass is 9.93. The van der Waals surface area contributed by atoms with Gasteiger partial charge in [0, 0.05) is 42.5 Å². The summed E-state index contributed by atoms with van der Waals surface area (Å²) in [6, 6.07) is 6.01. The van der Waals surface area contributed by atoms with Crippen LogP contribution in [0, 0.1) is 6.92 Å². The SMILES string of the molecule is Cc1cnc(C(=O)N2CCC(c3cccc(Nc4nccs4)n3)CC2)cn1. The van der Waals surface area contributed by atoms with E-state index in [4.69, 9.17) is 4.98 Å². The van der Waals surface area contributed by atoms with Gasteiger partial charge in [0.15, 0.2) is 5.13 Å². The first-order chi connectivity index (χ1) is 13.2. The van der Waals surface area contributed by atoms with Gasteiger partial charge in [0.25, 0.3) is 5.91 Å². The molecule has 0 atom stereocenters. The molecule has 1 fully saturated rings. The minimum atomic E-state index is -0.0481. The third-order valence-corrected chi connectivity index (χ3v) is 5.33. The molecule has 0 aliphatic carbocycles. The molecule has 0 saturated carbocycles. The topological polar surface area (TPSA) is 83.9 Å². The Labute approximate surface area is 161 Å². The highest BCUT2D eigenvalue weighted by atomic mass is 32.1. The summed E-state index contributed by atoms with van der Waals surface area (Å²) in [5.41, 5.74) is 2.27. The molecule has 1 aliphatic heterocycles. The Morgan fingerprint density at radius 3 is 2.74 bits per heavy atom. The Balaban J connectivity index is 1.39. The van der Waals surface area contributed by atoms with Gasteiger partial charge in [-0.05, 0) is 31.9 Å². The number of anilines is 2. The first kappa shape index (κ1) is 17.5. The van der Waals surface area contributed by atoms with Crippen LogP contribution in [0.5, 0.6) is 0 Å². The summed E-state index contributed by atoms with van der Waals surface area (Å²) in [4.78, 5) is 31.8. The second kappa shape index (κ2) is 7.79. The summed E-state index contributed by atoms with van der Waals surface area (Å²) in [6.45, 7) is 3.26. The quantitative estimate of drug-likeness (QED) is 0.747. The van der Waals surface area contributed by atoms with Crippen molar-refractivity contribution in [3.05, 3.63) is 59.3 Å². The van der Waals surface area contributed by atoms with E-state index in [2.05, 4.69) is 26.3 Å². The van der Waals surface area contributed by atoms with Crippen LogP contribution in [-0.4, -0.2) is 43.8 Å². The number of pyridine rings is 1. The molecule has 4 rings (SSSR count). The molecular weight excluding hydrogens is 360 g/mol. The van der Waals surface area contributed by atoms with E-state index in [1.165, 1.54) is 0 Å². The molecule has 8 heteroatoms. The van der Waals surface area contributed by atoms with Crippen molar-refractivity contribution in [3.8, 4) is 0 Å². The number of carbonyl (C=O) groups excluding carboxylic acids is 1. The van der Waals surface area contributed by atoms with E-state index in [0.717, 1.165) is 35.2 Å². The number of nitrogens with one attached hydrogen (secondary N) is 1. The van der Waals surface area contributed by atoms with Crippen LogP contribution in [0.3, 0.4) is 0 Å². The van der Waals surface area contributed by atoms with Crippen molar-refractivity contribution in [1.29, 1.82) is 0 Å². The first-order valence-electron chi connectivity index (χ1n) is 8.90. The number of likely N-dealkylation sites (tertiary alicyclic amines) is 1. The number of hydrogen-bond acceptors (Lipinski definition) is 7. The van der Waals surface area contributed by atoms with E-state index in [-0.39, 0.29) is 5.91 Å². The fraction of sp³-hybridized carbons (Fsp3) is 0.316. The maximum Gasteiger partial charge on any atom is 0.274 e. The normalized spacial score (nSPS) is 14.9. The van der Waals surface area contributed by atoms with Gasteiger partial charge in [-0.3, -0.25) is 9.78 Å². The van der Waals surface area contributed by atoms with E-state index in [1.807, 2.05) is 29.3 Å². The van der Waals surface area contributed by atoms with Crippen LogP contribution in [0.2, 0.25) is 0 Å². The van der Waals surface area contributed by atoms with E-state index >= 15 is 0 Å². The van der Waals surface area contributed by atoms with Crippen molar-refractivity contribution in [2.24, 2.45) is 0 Å². The Hall–Kier alpha value is -2.87. The molecule has 0 spiro atoms. The van der Waals surface area contributed by atoms with Crippen LogP contribution in [-0.2, 0) is 0 Å². The van der Waals surface area contributed by atoms with Crippen LogP contribution in [0.1, 0.15) is 40.6 Å². The lowest BCUT2D eigenvalue weighted by molar-refractivity contribution is 0.0705. The molecule has 138 valence electrons. The highest BCUT2D eigenvalue weighted by molar-refractivity contribution is 7.13. The molecule has 1 aliphatic rings. The van der Waals surface area contributed by atoms with Crippen molar-refractivity contribution in [3.63, 3.8) is 0 Å². The largest absolute Gasteiger partial charge is 0.337 e. The van der Waals surface area contributed by atoms with E-state index < -0.39 is 0 Å². The van der Waals surface area contributed by atoms with Gasteiger partial charge >= 0.3 is 0 Å².